The molecule has 5 heteroatoms. The van der Waals surface area contributed by atoms with E-state index in [1.165, 1.54) is 0 Å². The molecule has 0 aromatic heterocycles. The first-order valence-electron chi connectivity index (χ1n) is 6.48. The zero-order valence-electron chi connectivity index (χ0n) is 11.8. The van der Waals surface area contributed by atoms with Crippen molar-refractivity contribution in [1.82, 2.24) is 5.32 Å². The maximum Gasteiger partial charge on any atom is 0.251 e. The summed E-state index contributed by atoms with van der Waals surface area (Å²) >= 11 is 0. The van der Waals surface area contributed by atoms with Crippen molar-refractivity contribution in [1.29, 1.82) is 0 Å². The fourth-order valence-electron chi connectivity index (χ4n) is 1.91. The minimum Gasteiger partial charge on any atom is -0.397 e. The molecule has 0 radical (unpaired) electrons. The molecule has 1 unspecified atom stereocenters. The van der Waals surface area contributed by atoms with Gasteiger partial charge < -0.3 is 21.1 Å². The van der Waals surface area contributed by atoms with Gasteiger partial charge in [0.2, 0.25) is 0 Å². The van der Waals surface area contributed by atoms with Crippen molar-refractivity contribution >= 4 is 17.3 Å². The van der Waals surface area contributed by atoms with Crippen molar-refractivity contribution < 1.29 is 9.90 Å². The van der Waals surface area contributed by atoms with Crippen LogP contribution in [0.3, 0.4) is 0 Å². The molecule has 0 aliphatic heterocycles. The maximum atomic E-state index is 12.1. The number of carbonyl (C=O) groups is 1. The van der Waals surface area contributed by atoms with Crippen molar-refractivity contribution in [2.24, 2.45) is 0 Å². The molecule has 1 aromatic carbocycles. The molecule has 0 heterocycles. The van der Waals surface area contributed by atoms with E-state index in [4.69, 9.17) is 10.8 Å². The van der Waals surface area contributed by atoms with Crippen molar-refractivity contribution in [3.8, 4) is 0 Å². The summed E-state index contributed by atoms with van der Waals surface area (Å²) in [5.41, 5.74) is 7.93. The van der Waals surface area contributed by atoms with Gasteiger partial charge in [-0.1, -0.05) is 6.92 Å². The van der Waals surface area contributed by atoms with Gasteiger partial charge in [0.1, 0.15) is 0 Å². The van der Waals surface area contributed by atoms with Gasteiger partial charge in [-0.2, -0.15) is 0 Å². The molecule has 0 aliphatic rings. The summed E-state index contributed by atoms with van der Waals surface area (Å²) in [5, 5.41) is 11.8. The first-order chi connectivity index (χ1) is 8.99. The van der Waals surface area contributed by atoms with E-state index in [9.17, 15) is 4.79 Å². The molecule has 5 nitrogen and oxygen atoms in total. The van der Waals surface area contributed by atoms with E-state index in [1.807, 2.05) is 32.0 Å². The molecule has 1 amide bonds. The third-order valence-electron chi connectivity index (χ3n) is 3.08. The molecule has 0 saturated heterocycles. The average molecular weight is 265 g/mol. The van der Waals surface area contributed by atoms with E-state index in [-0.39, 0.29) is 18.6 Å². The van der Waals surface area contributed by atoms with Gasteiger partial charge in [-0.25, -0.2) is 0 Å². The number of nitrogens with zero attached hydrogens (tertiary/aromatic N) is 1. The van der Waals surface area contributed by atoms with E-state index >= 15 is 0 Å². The maximum absolute atomic E-state index is 12.1. The average Bonchev–Trinajstić information content (AvgIpc) is 2.37. The third-order valence-corrected chi connectivity index (χ3v) is 3.08. The summed E-state index contributed by atoms with van der Waals surface area (Å²) in [6, 6.07) is 5.26. The van der Waals surface area contributed by atoms with Crippen LogP contribution in [-0.4, -0.2) is 37.8 Å². The minimum absolute atomic E-state index is 0.00718. The Hall–Kier alpha value is -1.75. The molecule has 1 aromatic rings. The summed E-state index contributed by atoms with van der Waals surface area (Å²) in [5.74, 6) is -0.155. The lowest BCUT2D eigenvalue weighted by Crippen LogP contribution is -2.35. The zero-order valence-corrected chi connectivity index (χ0v) is 11.8. The molecular formula is C14H23N3O2. The van der Waals surface area contributed by atoms with E-state index in [0.29, 0.717) is 17.7 Å². The molecule has 19 heavy (non-hydrogen) atoms. The molecule has 1 rings (SSSR count). The highest BCUT2D eigenvalue weighted by Crippen LogP contribution is 2.22. The number of hydrogen-bond acceptors (Lipinski definition) is 4. The van der Waals surface area contributed by atoms with Gasteiger partial charge in [0.05, 0.1) is 11.4 Å². The predicted molar refractivity (Wildman–Crippen MR) is 78.4 cm³/mol. The number of nitrogens with two attached hydrogens (primary N) is 1. The number of anilines is 2. The van der Waals surface area contributed by atoms with E-state index in [2.05, 4.69) is 5.32 Å². The Morgan fingerprint density at radius 2 is 2.16 bits per heavy atom. The lowest BCUT2D eigenvalue weighted by Gasteiger charge is -2.18. The summed E-state index contributed by atoms with van der Waals surface area (Å²) < 4.78 is 0. The van der Waals surface area contributed by atoms with Crippen LogP contribution in [0.15, 0.2) is 18.2 Å². The Bertz CT molecular complexity index is 433. The van der Waals surface area contributed by atoms with Crippen LogP contribution >= 0.6 is 0 Å². The standard InChI is InChI=1S/C14H23N3O2/c1-4-11(7-8-18)16-14(19)10-5-6-13(17(2)3)12(15)9-10/h5-6,9,11,18H,4,7-8,15H2,1-3H3,(H,16,19). The first-order valence-corrected chi connectivity index (χ1v) is 6.48. The highest BCUT2D eigenvalue weighted by Gasteiger charge is 2.13. The van der Waals surface area contributed by atoms with Crippen LogP contribution in [0, 0.1) is 0 Å². The van der Waals surface area contributed by atoms with Gasteiger partial charge in [0, 0.05) is 32.3 Å². The van der Waals surface area contributed by atoms with Crippen LogP contribution in [0.4, 0.5) is 11.4 Å². The second-order valence-electron chi connectivity index (χ2n) is 4.76. The van der Waals surface area contributed by atoms with Gasteiger partial charge in [-0.15, -0.1) is 0 Å². The fraction of sp³-hybridized carbons (Fsp3) is 0.500. The third kappa shape index (κ3) is 4.13. The molecule has 106 valence electrons. The van der Waals surface area contributed by atoms with Crippen molar-refractivity contribution in [3.63, 3.8) is 0 Å². The van der Waals surface area contributed by atoms with Gasteiger partial charge in [0.15, 0.2) is 0 Å². The van der Waals surface area contributed by atoms with Crippen molar-refractivity contribution in [3.05, 3.63) is 23.8 Å². The number of aliphatic hydroxyl groups excluding tert-OH is 1. The fourth-order valence-corrected chi connectivity index (χ4v) is 1.91. The molecule has 0 aliphatic carbocycles. The number of amides is 1. The Balaban J connectivity index is 2.80. The summed E-state index contributed by atoms with van der Waals surface area (Å²) in [6.07, 6.45) is 1.35. The highest BCUT2D eigenvalue weighted by molar-refractivity contribution is 5.96. The van der Waals surface area contributed by atoms with Crippen LogP contribution in [0.5, 0.6) is 0 Å². The Morgan fingerprint density at radius 3 is 2.63 bits per heavy atom. The lowest BCUT2D eigenvalue weighted by molar-refractivity contribution is 0.0929. The molecule has 1 atom stereocenters. The molecule has 0 bridgehead atoms. The van der Waals surface area contributed by atoms with Crippen LogP contribution in [0.25, 0.3) is 0 Å². The summed E-state index contributed by atoms with van der Waals surface area (Å²) in [4.78, 5) is 14.0. The van der Waals surface area contributed by atoms with Crippen LogP contribution in [0.1, 0.15) is 30.1 Å². The largest absolute Gasteiger partial charge is 0.397 e. The smallest absolute Gasteiger partial charge is 0.251 e. The Labute approximate surface area is 114 Å². The molecular weight excluding hydrogens is 242 g/mol. The van der Waals surface area contributed by atoms with Gasteiger partial charge in [0.25, 0.3) is 5.91 Å². The number of rotatable bonds is 6. The SMILES string of the molecule is CCC(CCO)NC(=O)c1ccc(N(C)C)c(N)c1. The minimum atomic E-state index is -0.155. The molecule has 0 spiro atoms. The highest BCUT2D eigenvalue weighted by atomic mass is 16.3. The van der Waals surface area contributed by atoms with Crippen molar-refractivity contribution in [2.45, 2.75) is 25.8 Å². The number of hydrogen-bond donors (Lipinski definition) is 3. The van der Waals surface area contributed by atoms with Gasteiger partial charge in [-0.3, -0.25) is 4.79 Å². The number of carbonyl (C=O) groups excluding carboxylic acids is 1. The topological polar surface area (TPSA) is 78.6 Å². The van der Waals surface area contributed by atoms with Crippen LogP contribution < -0.4 is 16.0 Å². The molecule has 0 fully saturated rings. The van der Waals surface area contributed by atoms with Crippen molar-refractivity contribution in [2.75, 3.05) is 31.3 Å². The Kier molecular flexibility index (Phi) is 5.63. The monoisotopic (exact) mass is 265 g/mol. The van der Waals surface area contributed by atoms with Gasteiger partial charge in [-0.05, 0) is 31.0 Å². The molecule has 4 N–H and O–H groups in total. The van der Waals surface area contributed by atoms with Crippen LogP contribution in [0.2, 0.25) is 0 Å². The van der Waals surface area contributed by atoms with E-state index in [1.54, 1.807) is 12.1 Å². The number of nitrogens with one attached hydrogen (secondary N) is 1. The quantitative estimate of drug-likeness (QED) is 0.676. The zero-order chi connectivity index (χ0) is 14.4. The lowest BCUT2D eigenvalue weighted by atomic mass is 10.1. The second kappa shape index (κ2) is 6.99. The number of benzene rings is 1. The summed E-state index contributed by atoms with van der Waals surface area (Å²) in [6.45, 7) is 2.05. The number of aliphatic hydroxyl groups is 1. The summed E-state index contributed by atoms with van der Waals surface area (Å²) in [7, 11) is 3.81. The second-order valence-corrected chi connectivity index (χ2v) is 4.76. The Morgan fingerprint density at radius 1 is 1.47 bits per heavy atom. The van der Waals surface area contributed by atoms with Gasteiger partial charge >= 0.3 is 0 Å². The van der Waals surface area contributed by atoms with E-state index in [0.717, 1.165) is 12.1 Å². The normalized spacial score (nSPS) is 12.0. The van der Waals surface area contributed by atoms with Crippen LogP contribution in [-0.2, 0) is 0 Å². The predicted octanol–water partition coefficient (Wildman–Crippen LogP) is 1.23. The van der Waals surface area contributed by atoms with E-state index < -0.39 is 0 Å². The molecule has 0 saturated carbocycles. The first kappa shape index (κ1) is 15.3. The number of nitrogen functional groups attached to an aromatic ring is 1.